The molecule has 2 rings (SSSR count). The van der Waals surface area contributed by atoms with Gasteiger partial charge in [-0.3, -0.25) is 25.0 Å². The van der Waals surface area contributed by atoms with Crippen LogP contribution in [0.15, 0.2) is 36.4 Å². The van der Waals surface area contributed by atoms with Gasteiger partial charge in [0.2, 0.25) is 5.91 Å². The third kappa shape index (κ3) is 4.42. The van der Waals surface area contributed by atoms with Gasteiger partial charge < -0.3 is 10.6 Å². The van der Waals surface area contributed by atoms with Crippen LogP contribution in [0.5, 0.6) is 0 Å². The van der Waals surface area contributed by atoms with E-state index in [0.717, 1.165) is 12.1 Å². The number of nitrogens with one attached hydrogen (secondary N) is 2. The van der Waals surface area contributed by atoms with Gasteiger partial charge in [0.05, 0.1) is 22.5 Å². The lowest BCUT2D eigenvalue weighted by atomic mass is 10.2. The second kappa shape index (κ2) is 7.58. The highest BCUT2D eigenvalue weighted by molar-refractivity contribution is 6.31. The Morgan fingerprint density at radius 3 is 2.48 bits per heavy atom. The standard InChI is InChI=1S/C15H13ClN4O5/c1-9-11(16)3-2-4-12(9)18-15(21)8-17-13-6-5-10(19(22)23)7-14(13)20(24)25/h2-7,17H,8H2,1H3,(H,18,21). The molecule has 0 atom stereocenters. The highest BCUT2D eigenvalue weighted by Gasteiger charge is 2.19. The van der Waals surface area contributed by atoms with E-state index < -0.39 is 27.1 Å². The molecule has 0 aliphatic heterocycles. The van der Waals surface area contributed by atoms with Crippen molar-refractivity contribution in [2.75, 3.05) is 17.2 Å². The number of rotatable bonds is 6. The van der Waals surface area contributed by atoms with Gasteiger partial charge in [-0.2, -0.15) is 0 Å². The number of halogens is 1. The molecule has 130 valence electrons. The van der Waals surface area contributed by atoms with Crippen molar-refractivity contribution in [3.8, 4) is 0 Å². The molecule has 0 spiro atoms. The van der Waals surface area contributed by atoms with Gasteiger partial charge in [0.15, 0.2) is 0 Å². The lowest BCUT2D eigenvalue weighted by Gasteiger charge is -2.11. The maximum Gasteiger partial charge on any atom is 0.299 e. The second-order valence-corrected chi connectivity index (χ2v) is 5.44. The van der Waals surface area contributed by atoms with Crippen LogP contribution >= 0.6 is 11.6 Å². The maximum atomic E-state index is 12.0. The summed E-state index contributed by atoms with van der Waals surface area (Å²) in [5.74, 6) is -0.446. The van der Waals surface area contributed by atoms with Crippen LogP contribution in [-0.4, -0.2) is 22.3 Å². The SMILES string of the molecule is Cc1c(Cl)cccc1NC(=O)CNc1ccc([N+](=O)[O-])cc1[N+](=O)[O-]. The molecular formula is C15H13ClN4O5. The summed E-state index contributed by atoms with van der Waals surface area (Å²) in [4.78, 5) is 32.3. The van der Waals surface area contributed by atoms with Crippen molar-refractivity contribution in [1.29, 1.82) is 0 Å². The Morgan fingerprint density at radius 2 is 1.84 bits per heavy atom. The van der Waals surface area contributed by atoms with Crippen LogP contribution in [0.2, 0.25) is 5.02 Å². The molecule has 0 aliphatic rings. The van der Waals surface area contributed by atoms with Crippen molar-refractivity contribution in [3.05, 3.63) is 67.2 Å². The molecule has 1 amide bonds. The lowest BCUT2D eigenvalue weighted by molar-refractivity contribution is -0.393. The van der Waals surface area contributed by atoms with E-state index in [1.165, 1.54) is 6.07 Å². The number of nitro benzene ring substituents is 2. The number of anilines is 2. The van der Waals surface area contributed by atoms with Crippen LogP contribution in [0.4, 0.5) is 22.7 Å². The molecule has 10 heteroatoms. The first kappa shape index (κ1) is 18.1. The smallest absolute Gasteiger partial charge is 0.299 e. The summed E-state index contributed by atoms with van der Waals surface area (Å²) in [6, 6.07) is 8.18. The van der Waals surface area contributed by atoms with Crippen LogP contribution in [-0.2, 0) is 4.79 Å². The summed E-state index contributed by atoms with van der Waals surface area (Å²) >= 11 is 5.97. The topological polar surface area (TPSA) is 127 Å². The number of carbonyl (C=O) groups is 1. The number of benzene rings is 2. The highest BCUT2D eigenvalue weighted by atomic mass is 35.5. The normalized spacial score (nSPS) is 10.2. The van der Waals surface area contributed by atoms with Crippen LogP contribution in [0.3, 0.4) is 0 Å². The molecule has 2 aromatic carbocycles. The van der Waals surface area contributed by atoms with Crippen molar-refractivity contribution >= 4 is 40.3 Å². The van der Waals surface area contributed by atoms with Crippen LogP contribution < -0.4 is 10.6 Å². The average molecular weight is 365 g/mol. The van der Waals surface area contributed by atoms with Crippen LogP contribution in [0.25, 0.3) is 0 Å². The van der Waals surface area contributed by atoms with Gasteiger partial charge in [0, 0.05) is 16.8 Å². The summed E-state index contributed by atoms with van der Waals surface area (Å²) in [6.45, 7) is 1.48. The number of hydrogen-bond donors (Lipinski definition) is 2. The Balaban J connectivity index is 2.10. The zero-order chi connectivity index (χ0) is 18.6. The molecule has 0 bridgehead atoms. The van der Waals surface area contributed by atoms with E-state index >= 15 is 0 Å². The number of nitrogens with zero attached hydrogens (tertiary/aromatic N) is 2. The number of carbonyl (C=O) groups excluding carboxylic acids is 1. The molecule has 0 radical (unpaired) electrons. The summed E-state index contributed by atoms with van der Waals surface area (Å²) in [5.41, 5.74) is 0.335. The fourth-order valence-corrected chi connectivity index (χ4v) is 2.22. The van der Waals surface area contributed by atoms with E-state index in [-0.39, 0.29) is 12.2 Å². The van der Waals surface area contributed by atoms with Crippen molar-refractivity contribution in [3.63, 3.8) is 0 Å². The van der Waals surface area contributed by atoms with E-state index in [0.29, 0.717) is 16.3 Å². The van der Waals surface area contributed by atoms with E-state index in [2.05, 4.69) is 10.6 Å². The number of nitro groups is 2. The van der Waals surface area contributed by atoms with Gasteiger partial charge in [0.25, 0.3) is 11.4 Å². The molecule has 0 aliphatic carbocycles. The van der Waals surface area contributed by atoms with Crippen LogP contribution in [0, 0.1) is 27.2 Å². The Kier molecular flexibility index (Phi) is 5.50. The van der Waals surface area contributed by atoms with Crippen molar-refractivity contribution in [2.24, 2.45) is 0 Å². The first-order valence-corrected chi connectivity index (χ1v) is 7.39. The van der Waals surface area contributed by atoms with E-state index in [1.807, 2.05) is 0 Å². The minimum Gasteiger partial charge on any atom is -0.371 e. The van der Waals surface area contributed by atoms with Gasteiger partial charge >= 0.3 is 0 Å². The Bertz CT molecular complexity index is 856. The predicted octanol–water partition coefficient (Wildman–Crippen LogP) is 3.52. The Morgan fingerprint density at radius 1 is 1.12 bits per heavy atom. The second-order valence-electron chi connectivity index (χ2n) is 5.03. The molecule has 0 saturated carbocycles. The van der Waals surface area contributed by atoms with Crippen molar-refractivity contribution in [2.45, 2.75) is 6.92 Å². The van der Waals surface area contributed by atoms with Gasteiger partial charge in [0.1, 0.15) is 5.69 Å². The summed E-state index contributed by atoms with van der Waals surface area (Å²) < 4.78 is 0. The molecule has 0 aromatic heterocycles. The Labute approximate surface area is 146 Å². The molecule has 0 unspecified atom stereocenters. The zero-order valence-electron chi connectivity index (χ0n) is 13.0. The van der Waals surface area contributed by atoms with E-state index in [4.69, 9.17) is 11.6 Å². The summed E-state index contributed by atoms with van der Waals surface area (Å²) in [6.07, 6.45) is 0. The first-order valence-electron chi connectivity index (χ1n) is 7.01. The summed E-state index contributed by atoms with van der Waals surface area (Å²) in [5, 5.41) is 27.5. The summed E-state index contributed by atoms with van der Waals surface area (Å²) in [7, 11) is 0. The van der Waals surface area contributed by atoms with Gasteiger partial charge in [-0.25, -0.2) is 0 Å². The molecule has 25 heavy (non-hydrogen) atoms. The molecule has 2 N–H and O–H groups in total. The molecule has 0 fully saturated rings. The van der Waals surface area contributed by atoms with Gasteiger partial charge in [-0.1, -0.05) is 17.7 Å². The third-order valence-corrected chi connectivity index (χ3v) is 3.78. The number of amides is 1. The van der Waals surface area contributed by atoms with Crippen molar-refractivity contribution in [1.82, 2.24) is 0 Å². The quantitative estimate of drug-likeness (QED) is 0.596. The van der Waals surface area contributed by atoms with Gasteiger partial charge in [-0.15, -0.1) is 0 Å². The highest BCUT2D eigenvalue weighted by Crippen LogP contribution is 2.29. The minimum absolute atomic E-state index is 0.00793. The van der Waals surface area contributed by atoms with E-state index in [9.17, 15) is 25.0 Å². The minimum atomic E-state index is -0.756. The maximum absolute atomic E-state index is 12.0. The van der Waals surface area contributed by atoms with Crippen LogP contribution in [0.1, 0.15) is 5.56 Å². The number of non-ortho nitro benzene ring substituents is 1. The largest absolute Gasteiger partial charge is 0.371 e. The first-order chi connectivity index (χ1) is 11.8. The van der Waals surface area contributed by atoms with Gasteiger partial charge in [-0.05, 0) is 30.7 Å². The van der Waals surface area contributed by atoms with Crippen molar-refractivity contribution < 1.29 is 14.6 Å². The fourth-order valence-electron chi connectivity index (χ4n) is 2.05. The molecule has 9 nitrogen and oxygen atoms in total. The number of hydrogen-bond acceptors (Lipinski definition) is 6. The molecule has 0 heterocycles. The lowest BCUT2D eigenvalue weighted by Crippen LogP contribution is -2.22. The average Bonchev–Trinajstić information content (AvgIpc) is 2.56. The third-order valence-electron chi connectivity index (χ3n) is 3.37. The molecular weight excluding hydrogens is 352 g/mol. The monoisotopic (exact) mass is 364 g/mol. The molecule has 2 aromatic rings. The fraction of sp³-hybridized carbons (Fsp3) is 0.133. The zero-order valence-corrected chi connectivity index (χ0v) is 13.7. The van der Waals surface area contributed by atoms with E-state index in [1.54, 1.807) is 25.1 Å². The predicted molar refractivity (Wildman–Crippen MR) is 93.1 cm³/mol. The molecule has 0 saturated heterocycles. The Hall–Kier alpha value is -3.20.